The Hall–Kier alpha value is -2.41. The lowest BCUT2D eigenvalue weighted by Crippen LogP contribution is -1.88. The highest BCUT2D eigenvalue weighted by Crippen LogP contribution is 2.25. The van der Waals surface area contributed by atoms with Crippen LogP contribution in [0.25, 0.3) is 27.7 Å². The first-order valence-corrected chi connectivity index (χ1v) is 6.58. The van der Waals surface area contributed by atoms with Crippen molar-refractivity contribution in [3.63, 3.8) is 0 Å². The summed E-state index contributed by atoms with van der Waals surface area (Å²) >= 11 is 0.0605. The molecule has 0 amide bonds. The lowest BCUT2D eigenvalue weighted by molar-refractivity contribution is 0.878. The molecule has 4 aromatic rings. The molecule has 0 aliphatic heterocycles. The van der Waals surface area contributed by atoms with E-state index >= 15 is 0 Å². The number of nitrogens with zero attached hydrogens (tertiary/aromatic N) is 5. The third-order valence-electron chi connectivity index (χ3n) is 3.19. The minimum absolute atomic E-state index is 0.0605. The van der Waals surface area contributed by atoms with Crippen LogP contribution in [0.4, 0.5) is 3.89 Å². The van der Waals surface area contributed by atoms with Crippen LogP contribution in [0.3, 0.4) is 0 Å². The Balaban J connectivity index is 1.96. The number of fused-ring (bicyclic) bond motifs is 3. The van der Waals surface area contributed by atoms with E-state index in [1.165, 1.54) is 0 Å². The first kappa shape index (κ1) is 11.4. The van der Waals surface area contributed by atoms with Crippen molar-refractivity contribution in [3.8, 4) is 11.1 Å². The van der Waals surface area contributed by atoms with Crippen LogP contribution in [0, 0.1) is 0 Å². The molecule has 0 aliphatic carbocycles. The van der Waals surface area contributed by atoms with Gasteiger partial charge in [-0.2, -0.15) is 9.19 Å². The lowest BCUT2D eigenvalue weighted by atomic mass is 10.1. The Morgan fingerprint density at radius 1 is 1.10 bits per heavy atom. The van der Waals surface area contributed by atoms with E-state index in [1.807, 2.05) is 28.9 Å². The summed E-state index contributed by atoms with van der Waals surface area (Å²) in [5.74, 6) is 0. The normalized spacial score (nSPS) is 11.4. The number of pyridine rings is 2. The van der Waals surface area contributed by atoms with Crippen LogP contribution in [0.1, 0.15) is 0 Å². The minimum atomic E-state index is 0.0605. The number of hydrogen-bond acceptors (Lipinski definition) is 4. The summed E-state index contributed by atoms with van der Waals surface area (Å²) in [6.07, 6.45) is 10.6. The molecular weight excluding hydrogens is 277 g/mol. The summed E-state index contributed by atoms with van der Waals surface area (Å²) in [6, 6.07) is 3.93. The van der Waals surface area contributed by atoms with Gasteiger partial charge < -0.3 is 4.40 Å². The van der Waals surface area contributed by atoms with Crippen molar-refractivity contribution in [1.82, 2.24) is 23.6 Å². The topological polar surface area (TPSA) is 48.0 Å². The van der Waals surface area contributed by atoms with Crippen molar-refractivity contribution >= 4 is 28.9 Å². The van der Waals surface area contributed by atoms with Crippen molar-refractivity contribution in [2.75, 3.05) is 0 Å². The number of hydrogen-bond donors (Lipinski definition) is 0. The zero-order valence-corrected chi connectivity index (χ0v) is 11.0. The van der Waals surface area contributed by atoms with Crippen LogP contribution in [0.2, 0.25) is 0 Å². The predicted octanol–water partition coefficient (Wildman–Crippen LogP) is 3.13. The molecule has 0 N–H and O–H groups in total. The van der Waals surface area contributed by atoms with Gasteiger partial charge >= 0.3 is 0 Å². The fourth-order valence-corrected chi connectivity index (χ4v) is 2.47. The summed E-state index contributed by atoms with van der Waals surface area (Å²) in [5, 5.41) is 4.85. The third-order valence-corrected chi connectivity index (χ3v) is 3.53. The summed E-state index contributed by atoms with van der Waals surface area (Å²) in [5.41, 5.74) is 3.43. The Kier molecular flexibility index (Phi) is 2.46. The molecule has 98 valence electrons. The predicted molar refractivity (Wildman–Crippen MR) is 75.8 cm³/mol. The molecule has 0 unspecified atom stereocenters. The zero-order chi connectivity index (χ0) is 13.5. The maximum Gasteiger partial charge on any atom is 0.187 e. The molecule has 0 aromatic carbocycles. The molecular formula is C13H8FN5S. The van der Waals surface area contributed by atoms with Gasteiger partial charge in [0, 0.05) is 47.5 Å². The molecule has 4 aromatic heterocycles. The van der Waals surface area contributed by atoms with E-state index in [1.54, 1.807) is 24.8 Å². The third kappa shape index (κ3) is 1.67. The molecule has 0 bridgehead atoms. The molecule has 0 radical (unpaired) electrons. The number of halogens is 1. The molecule has 0 saturated heterocycles. The van der Waals surface area contributed by atoms with Gasteiger partial charge in [-0.3, -0.25) is 4.98 Å². The molecule has 0 fully saturated rings. The van der Waals surface area contributed by atoms with E-state index in [0.717, 1.165) is 31.8 Å². The molecule has 5 nitrogen and oxygen atoms in total. The molecule has 7 heteroatoms. The van der Waals surface area contributed by atoms with Crippen molar-refractivity contribution in [3.05, 3.63) is 49.3 Å². The SMILES string of the molecule is FSn1cc(-c2cnc3ccn4ccnc4c3c2)cn1. The minimum Gasteiger partial charge on any atom is -0.306 e. The van der Waals surface area contributed by atoms with Crippen LogP contribution in [0.5, 0.6) is 0 Å². The average molecular weight is 285 g/mol. The van der Waals surface area contributed by atoms with E-state index < -0.39 is 0 Å². The van der Waals surface area contributed by atoms with Crippen LogP contribution in [0.15, 0.2) is 49.3 Å². The summed E-state index contributed by atoms with van der Waals surface area (Å²) in [7, 11) is 0. The Morgan fingerprint density at radius 3 is 2.90 bits per heavy atom. The van der Waals surface area contributed by atoms with Crippen molar-refractivity contribution in [2.24, 2.45) is 0 Å². The van der Waals surface area contributed by atoms with Crippen LogP contribution >= 0.6 is 12.3 Å². The molecule has 0 spiro atoms. The fourth-order valence-electron chi connectivity index (χ4n) is 2.23. The van der Waals surface area contributed by atoms with Gasteiger partial charge in [0.1, 0.15) is 5.65 Å². The maximum atomic E-state index is 12.5. The Morgan fingerprint density at radius 2 is 2.05 bits per heavy atom. The maximum absolute atomic E-state index is 12.5. The van der Waals surface area contributed by atoms with Gasteiger partial charge in [0.15, 0.2) is 12.3 Å². The molecule has 20 heavy (non-hydrogen) atoms. The fraction of sp³-hybridized carbons (Fsp3) is 0. The second-order valence-corrected chi connectivity index (χ2v) is 4.84. The van der Waals surface area contributed by atoms with Crippen LogP contribution in [-0.2, 0) is 0 Å². The van der Waals surface area contributed by atoms with Gasteiger partial charge in [-0.25, -0.2) is 4.98 Å². The second kappa shape index (κ2) is 4.31. The quantitative estimate of drug-likeness (QED) is 0.567. The highest BCUT2D eigenvalue weighted by atomic mass is 32.2. The smallest absolute Gasteiger partial charge is 0.187 e. The monoisotopic (exact) mass is 285 g/mol. The van der Waals surface area contributed by atoms with Crippen molar-refractivity contribution in [2.45, 2.75) is 0 Å². The van der Waals surface area contributed by atoms with E-state index in [0.29, 0.717) is 0 Å². The van der Waals surface area contributed by atoms with Gasteiger partial charge in [-0.1, -0.05) is 0 Å². The Labute approximate surface area is 117 Å². The average Bonchev–Trinajstić information content (AvgIpc) is 3.15. The molecule has 0 saturated carbocycles. The van der Waals surface area contributed by atoms with E-state index in [-0.39, 0.29) is 12.3 Å². The van der Waals surface area contributed by atoms with Crippen molar-refractivity contribution < 1.29 is 3.89 Å². The van der Waals surface area contributed by atoms with E-state index in [9.17, 15) is 3.89 Å². The molecule has 4 rings (SSSR count). The van der Waals surface area contributed by atoms with Gasteiger partial charge in [0.25, 0.3) is 0 Å². The standard InChI is InChI=1S/C13H8FN5S/c14-20-19-8-10(7-17-19)9-5-11-12(16-6-9)1-3-18-4-2-15-13(11)18/h1-8H. The van der Waals surface area contributed by atoms with Gasteiger partial charge in [0.05, 0.1) is 11.7 Å². The highest BCUT2D eigenvalue weighted by molar-refractivity contribution is 7.92. The number of rotatable bonds is 2. The highest BCUT2D eigenvalue weighted by Gasteiger charge is 2.07. The number of imidazole rings is 1. The van der Waals surface area contributed by atoms with Crippen LogP contribution < -0.4 is 0 Å². The zero-order valence-electron chi connectivity index (χ0n) is 10.1. The van der Waals surface area contributed by atoms with Crippen molar-refractivity contribution in [1.29, 1.82) is 0 Å². The molecule has 0 atom stereocenters. The second-order valence-electron chi connectivity index (χ2n) is 4.33. The van der Waals surface area contributed by atoms with Gasteiger partial charge in [0.2, 0.25) is 0 Å². The van der Waals surface area contributed by atoms with Gasteiger partial charge in [-0.05, 0) is 12.1 Å². The van der Waals surface area contributed by atoms with E-state index in [2.05, 4.69) is 15.1 Å². The first-order chi connectivity index (χ1) is 9.85. The van der Waals surface area contributed by atoms with E-state index in [4.69, 9.17) is 0 Å². The van der Waals surface area contributed by atoms with Crippen LogP contribution in [-0.4, -0.2) is 23.6 Å². The summed E-state index contributed by atoms with van der Waals surface area (Å²) in [6.45, 7) is 0. The number of aromatic nitrogens is 5. The Bertz CT molecular complexity index is 913. The summed E-state index contributed by atoms with van der Waals surface area (Å²) in [4.78, 5) is 8.77. The molecule has 0 aliphatic rings. The van der Waals surface area contributed by atoms with Gasteiger partial charge in [-0.15, -0.1) is 3.89 Å². The molecule has 4 heterocycles. The summed E-state index contributed by atoms with van der Waals surface area (Å²) < 4.78 is 15.6. The largest absolute Gasteiger partial charge is 0.306 e. The first-order valence-electron chi connectivity index (χ1n) is 5.91. The lowest BCUT2D eigenvalue weighted by Gasteiger charge is -2.02.